The molecule has 0 fully saturated rings. The van der Waals surface area contributed by atoms with Gasteiger partial charge in [0.1, 0.15) is 0 Å². The van der Waals surface area contributed by atoms with Crippen molar-refractivity contribution in [2.75, 3.05) is 12.4 Å². The summed E-state index contributed by atoms with van der Waals surface area (Å²) in [5.74, 6) is -0.0336. The van der Waals surface area contributed by atoms with E-state index >= 15 is 0 Å². The van der Waals surface area contributed by atoms with Crippen LogP contribution in [0.25, 0.3) is 0 Å². The first-order chi connectivity index (χ1) is 8.58. The zero-order valence-electron chi connectivity index (χ0n) is 9.84. The van der Waals surface area contributed by atoms with E-state index < -0.39 is 12.6 Å². The number of carboxylic acid groups (broad SMARTS) is 1. The van der Waals surface area contributed by atoms with Crippen molar-refractivity contribution in [2.24, 2.45) is 0 Å². The standard InChI is InChI=1S/C10H14N2O4S2/c1-7-11-8(6-18-7)5-17-3-2-9(13)12-16-4-10(14)15/h6H,2-5H2,1H3,(H,12,13)(H,14,15). The lowest BCUT2D eigenvalue weighted by atomic mass is 10.5. The van der Waals surface area contributed by atoms with Gasteiger partial charge in [0, 0.05) is 23.3 Å². The van der Waals surface area contributed by atoms with Crippen molar-refractivity contribution in [3.05, 3.63) is 16.1 Å². The first kappa shape index (κ1) is 14.9. The van der Waals surface area contributed by atoms with E-state index in [1.165, 1.54) is 0 Å². The number of carboxylic acids is 1. The molecule has 8 heteroatoms. The molecule has 100 valence electrons. The Labute approximate surface area is 113 Å². The molecule has 0 atom stereocenters. The maximum absolute atomic E-state index is 11.2. The molecule has 0 aliphatic heterocycles. The van der Waals surface area contributed by atoms with E-state index in [1.54, 1.807) is 23.1 Å². The molecular formula is C10H14N2O4S2. The number of nitrogens with zero attached hydrogens (tertiary/aromatic N) is 1. The van der Waals surface area contributed by atoms with Crippen molar-refractivity contribution in [3.8, 4) is 0 Å². The Bertz CT molecular complexity index is 408. The monoisotopic (exact) mass is 290 g/mol. The fourth-order valence-corrected chi connectivity index (χ4v) is 2.59. The molecular weight excluding hydrogens is 276 g/mol. The minimum absolute atomic E-state index is 0.285. The zero-order chi connectivity index (χ0) is 13.4. The summed E-state index contributed by atoms with van der Waals surface area (Å²) in [6.07, 6.45) is 0.285. The summed E-state index contributed by atoms with van der Waals surface area (Å²) < 4.78 is 0. The number of aliphatic carboxylic acids is 1. The SMILES string of the molecule is Cc1nc(CSCCC(=O)NOCC(=O)O)cs1. The first-order valence-corrected chi connectivity index (χ1v) is 7.22. The summed E-state index contributed by atoms with van der Waals surface area (Å²) in [5.41, 5.74) is 3.09. The average Bonchev–Trinajstić information content (AvgIpc) is 2.70. The number of carbonyl (C=O) groups excluding carboxylic acids is 1. The van der Waals surface area contributed by atoms with Gasteiger partial charge < -0.3 is 5.11 Å². The second-order valence-electron chi connectivity index (χ2n) is 3.37. The van der Waals surface area contributed by atoms with Gasteiger partial charge in [0.25, 0.3) is 0 Å². The molecule has 0 aromatic carbocycles. The van der Waals surface area contributed by atoms with Gasteiger partial charge in [-0.2, -0.15) is 11.8 Å². The van der Waals surface area contributed by atoms with Crippen molar-refractivity contribution in [2.45, 2.75) is 19.1 Å². The largest absolute Gasteiger partial charge is 0.479 e. The minimum atomic E-state index is -1.12. The highest BCUT2D eigenvalue weighted by Crippen LogP contribution is 2.15. The molecule has 6 nitrogen and oxygen atoms in total. The molecule has 0 spiro atoms. The Morgan fingerprint density at radius 2 is 2.39 bits per heavy atom. The van der Waals surface area contributed by atoms with E-state index in [0.717, 1.165) is 16.5 Å². The summed E-state index contributed by atoms with van der Waals surface area (Å²) in [6.45, 7) is 1.42. The molecule has 1 rings (SSSR count). The fourth-order valence-electron chi connectivity index (χ4n) is 1.05. The van der Waals surface area contributed by atoms with Crippen LogP contribution in [0.3, 0.4) is 0 Å². The molecule has 18 heavy (non-hydrogen) atoms. The van der Waals surface area contributed by atoms with Gasteiger partial charge in [0.15, 0.2) is 6.61 Å². The number of hydrogen-bond acceptors (Lipinski definition) is 6. The summed E-state index contributed by atoms with van der Waals surface area (Å²) in [5, 5.41) is 11.3. The van der Waals surface area contributed by atoms with Crippen LogP contribution in [0.4, 0.5) is 0 Å². The number of aryl methyl sites for hydroxylation is 1. The maximum atomic E-state index is 11.2. The summed E-state index contributed by atoms with van der Waals surface area (Å²) >= 11 is 3.20. The van der Waals surface area contributed by atoms with Gasteiger partial charge >= 0.3 is 5.97 Å². The van der Waals surface area contributed by atoms with Gasteiger partial charge in [-0.25, -0.2) is 15.3 Å². The summed E-state index contributed by atoms with van der Waals surface area (Å²) in [6, 6.07) is 0. The predicted octanol–water partition coefficient (Wildman–Crippen LogP) is 1.21. The number of thiazole rings is 1. The number of thioether (sulfide) groups is 1. The topological polar surface area (TPSA) is 88.5 Å². The number of hydroxylamine groups is 1. The highest BCUT2D eigenvalue weighted by Gasteiger charge is 2.04. The maximum Gasteiger partial charge on any atom is 0.332 e. The van der Waals surface area contributed by atoms with Gasteiger partial charge in [-0.15, -0.1) is 11.3 Å². The number of aromatic nitrogens is 1. The lowest BCUT2D eigenvalue weighted by molar-refractivity contribution is -0.149. The second kappa shape index (κ2) is 8.06. The Morgan fingerprint density at radius 3 is 3.00 bits per heavy atom. The van der Waals surface area contributed by atoms with E-state index in [1.807, 2.05) is 12.3 Å². The van der Waals surface area contributed by atoms with Crippen LogP contribution < -0.4 is 5.48 Å². The van der Waals surface area contributed by atoms with Crippen LogP contribution in [0.5, 0.6) is 0 Å². The molecule has 1 aromatic heterocycles. The molecule has 0 aliphatic carbocycles. The van der Waals surface area contributed by atoms with E-state index in [-0.39, 0.29) is 12.3 Å². The smallest absolute Gasteiger partial charge is 0.332 e. The van der Waals surface area contributed by atoms with Crippen molar-refractivity contribution >= 4 is 35.0 Å². The number of amides is 1. The van der Waals surface area contributed by atoms with Crippen molar-refractivity contribution < 1.29 is 19.5 Å². The zero-order valence-corrected chi connectivity index (χ0v) is 11.5. The van der Waals surface area contributed by atoms with Gasteiger partial charge in [-0.1, -0.05) is 0 Å². The lowest BCUT2D eigenvalue weighted by Crippen LogP contribution is -2.26. The lowest BCUT2D eigenvalue weighted by Gasteiger charge is -2.03. The van der Waals surface area contributed by atoms with Crippen molar-refractivity contribution in [1.29, 1.82) is 0 Å². The number of rotatable bonds is 8. The van der Waals surface area contributed by atoms with Crippen LogP contribution in [0, 0.1) is 6.92 Å². The molecule has 1 heterocycles. The molecule has 1 aromatic rings. The normalized spacial score (nSPS) is 10.3. The Kier molecular flexibility index (Phi) is 6.69. The quantitative estimate of drug-likeness (QED) is 0.552. The van der Waals surface area contributed by atoms with Gasteiger partial charge in [-0.05, 0) is 6.92 Å². The van der Waals surface area contributed by atoms with Crippen molar-refractivity contribution in [3.63, 3.8) is 0 Å². The number of nitrogens with one attached hydrogen (secondary N) is 1. The third kappa shape index (κ3) is 6.58. The molecule has 0 bridgehead atoms. The Morgan fingerprint density at radius 1 is 1.61 bits per heavy atom. The third-order valence-electron chi connectivity index (χ3n) is 1.77. The van der Waals surface area contributed by atoms with E-state index in [9.17, 15) is 9.59 Å². The second-order valence-corrected chi connectivity index (χ2v) is 5.54. The van der Waals surface area contributed by atoms with Crippen molar-refractivity contribution in [1.82, 2.24) is 10.5 Å². The Hall–Kier alpha value is -1.12. The fraction of sp³-hybridized carbons (Fsp3) is 0.500. The summed E-state index contributed by atoms with van der Waals surface area (Å²) in [7, 11) is 0. The average molecular weight is 290 g/mol. The van der Waals surface area contributed by atoms with Crippen LogP contribution in [-0.2, 0) is 20.2 Å². The minimum Gasteiger partial charge on any atom is -0.479 e. The first-order valence-electron chi connectivity index (χ1n) is 5.19. The Balaban J connectivity index is 2.03. The van der Waals surface area contributed by atoms with Crippen LogP contribution in [0.1, 0.15) is 17.1 Å². The van der Waals surface area contributed by atoms with Crippen LogP contribution in [-0.4, -0.2) is 34.3 Å². The van der Waals surface area contributed by atoms with Gasteiger partial charge in [0.05, 0.1) is 10.7 Å². The van der Waals surface area contributed by atoms with Gasteiger partial charge in [-0.3, -0.25) is 9.63 Å². The van der Waals surface area contributed by atoms with Crippen LogP contribution in [0.2, 0.25) is 0 Å². The van der Waals surface area contributed by atoms with Crippen LogP contribution in [0.15, 0.2) is 5.38 Å². The number of hydrogen-bond donors (Lipinski definition) is 2. The molecule has 0 unspecified atom stereocenters. The number of carbonyl (C=O) groups is 2. The highest BCUT2D eigenvalue weighted by molar-refractivity contribution is 7.98. The predicted molar refractivity (Wildman–Crippen MR) is 69.4 cm³/mol. The highest BCUT2D eigenvalue weighted by atomic mass is 32.2. The molecule has 1 amide bonds. The molecule has 0 saturated carbocycles. The third-order valence-corrected chi connectivity index (χ3v) is 3.59. The van der Waals surface area contributed by atoms with E-state index in [2.05, 4.69) is 15.3 Å². The summed E-state index contributed by atoms with van der Waals surface area (Å²) in [4.78, 5) is 30.1. The molecule has 0 saturated heterocycles. The molecule has 2 N–H and O–H groups in total. The van der Waals surface area contributed by atoms with Crippen LogP contribution >= 0.6 is 23.1 Å². The molecule has 0 radical (unpaired) electrons. The van der Waals surface area contributed by atoms with E-state index in [4.69, 9.17) is 5.11 Å². The van der Waals surface area contributed by atoms with E-state index in [0.29, 0.717) is 5.75 Å². The molecule has 0 aliphatic rings. The van der Waals surface area contributed by atoms with Gasteiger partial charge in [0.2, 0.25) is 5.91 Å².